The highest BCUT2D eigenvalue weighted by molar-refractivity contribution is 7.80. The molecular formula is C21H27N3S2. The molecule has 2 aromatic rings. The van der Waals surface area contributed by atoms with E-state index >= 15 is 0 Å². The number of hydrogen-bond acceptors (Lipinski definition) is 3. The monoisotopic (exact) mass is 385 g/mol. The molecule has 0 amide bonds. The van der Waals surface area contributed by atoms with Crippen LogP contribution in [0.25, 0.3) is 0 Å². The van der Waals surface area contributed by atoms with Crippen molar-refractivity contribution in [3.05, 3.63) is 52.2 Å². The van der Waals surface area contributed by atoms with Crippen molar-refractivity contribution in [3.8, 4) is 0 Å². The summed E-state index contributed by atoms with van der Waals surface area (Å²) in [7, 11) is 0. The van der Waals surface area contributed by atoms with Crippen molar-refractivity contribution in [1.82, 2.24) is 10.2 Å². The molecule has 26 heavy (non-hydrogen) atoms. The lowest BCUT2D eigenvalue weighted by Gasteiger charge is -2.49. The van der Waals surface area contributed by atoms with Gasteiger partial charge in [0.1, 0.15) is 0 Å². The molecule has 3 nitrogen and oxygen atoms in total. The van der Waals surface area contributed by atoms with E-state index in [1.807, 2.05) is 11.3 Å². The molecule has 4 rings (SSSR count). The van der Waals surface area contributed by atoms with Gasteiger partial charge in [-0.25, -0.2) is 0 Å². The standard InChI is InChI=1S/C21H27N3S2/c1-15-7-9-16(10-8-15)22-21(25)23-17-12-18-4-2-5-19(13-17)24(18)14-20-6-3-11-26-20/h3,6-11,17-19H,2,4-5,12-14H2,1H3,(H2,22,23,25)/t17?,18-,19+. The molecule has 1 aromatic carbocycles. The molecule has 3 heterocycles. The zero-order valence-corrected chi connectivity index (χ0v) is 16.9. The second-order valence-electron chi connectivity index (χ2n) is 7.62. The van der Waals surface area contributed by atoms with Crippen LogP contribution in [0.5, 0.6) is 0 Å². The number of rotatable bonds is 4. The maximum absolute atomic E-state index is 5.57. The Morgan fingerprint density at radius 2 is 1.88 bits per heavy atom. The molecule has 2 saturated heterocycles. The van der Waals surface area contributed by atoms with E-state index in [4.69, 9.17) is 12.2 Å². The quantitative estimate of drug-likeness (QED) is 0.730. The number of hydrogen-bond donors (Lipinski definition) is 2. The summed E-state index contributed by atoms with van der Waals surface area (Å²) in [6.07, 6.45) is 6.39. The van der Waals surface area contributed by atoms with Gasteiger partial charge in [-0.15, -0.1) is 11.3 Å². The normalized spacial score (nSPS) is 25.7. The molecule has 0 radical (unpaired) electrons. The molecule has 138 valence electrons. The molecule has 1 unspecified atom stereocenters. The number of benzene rings is 1. The third kappa shape index (κ3) is 4.27. The smallest absolute Gasteiger partial charge is 0.170 e. The molecular weight excluding hydrogens is 358 g/mol. The van der Waals surface area contributed by atoms with Gasteiger partial charge in [0.05, 0.1) is 0 Å². The van der Waals surface area contributed by atoms with Crippen molar-refractivity contribution in [2.75, 3.05) is 5.32 Å². The first kappa shape index (κ1) is 18.0. The fourth-order valence-corrected chi connectivity index (χ4v) is 5.42. The molecule has 1 aromatic heterocycles. The molecule has 2 aliphatic rings. The molecule has 3 atom stereocenters. The summed E-state index contributed by atoms with van der Waals surface area (Å²) >= 11 is 7.45. The Morgan fingerprint density at radius 3 is 2.54 bits per heavy atom. The number of aryl methyl sites for hydroxylation is 1. The number of nitrogens with one attached hydrogen (secondary N) is 2. The number of fused-ring (bicyclic) bond motifs is 2. The number of nitrogens with zero attached hydrogens (tertiary/aromatic N) is 1. The predicted molar refractivity (Wildman–Crippen MR) is 115 cm³/mol. The molecule has 0 aliphatic carbocycles. The Balaban J connectivity index is 1.34. The summed E-state index contributed by atoms with van der Waals surface area (Å²) < 4.78 is 0. The molecule has 2 bridgehead atoms. The Labute approximate surface area is 165 Å². The highest BCUT2D eigenvalue weighted by Gasteiger charge is 2.38. The Morgan fingerprint density at radius 1 is 1.15 bits per heavy atom. The third-order valence-electron chi connectivity index (χ3n) is 5.69. The van der Waals surface area contributed by atoms with Crippen LogP contribution in [0.1, 0.15) is 42.5 Å². The lowest BCUT2D eigenvalue weighted by molar-refractivity contribution is 0.0220. The highest BCUT2D eigenvalue weighted by Crippen LogP contribution is 2.35. The van der Waals surface area contributed by atoms with E-state index in [9.17, 15) is 0 Å². The van der Waals surface area contributed by atoms with E-state index in [1.165, 1.54) is 42.5 Å². The van der Waals surface area contributed by atoms with Crippen LogP contribution >= 0.6 is 23.6 Å². The fourth-order valence-electron chi connectivity index (χ4n) is 4.43. The largest absolute Gasteiger partial charge is 0.360 e. The van der Waals surface area contributed by atoms with Crippen molar-refractivity contribution in [2.45, 2.75) is 63.7 Å². The number of anilines is 1. The Hall–Kier alpha value is -1.43. The summed E-state index contributed by atoms with van der Waals surface area (Å²) in [5.74, 6) is 0. The lowest BCUT2D eigenvalue weighted by atomic mass is 9.81. The molecule has 0 saturated carbocycles. The van der Waals surface area contributed by atoms with Gasteiger partial charge in [0.15, 0.2) is 5.11 Å². The van der Waals surface area contributed by atoms with E-state index in [0.717, 1.165) is 17.3 Å². The van der Waals surface area contributed by atoms with Gasteiger partial charge in [-0.2, -0.15) is 0 Å². The maximum Gasteiger partial charge on any atom is 0.170 e. The zero-order valence-electron chi connectivity index (χ0n) is 15.3. The van der Waals surface area contributed by atoms with Crippen LogP contribution in [-0.4, -0.2) is 28.1 Å². The summed E-state index contributed by atoms with van der Waals surface area (Å²) in [6.45, 7) is 3.22. The number of piperidine rings is 2. The van der Waals surface area contributed by atoms with Gasteiger partial charge < -0.3 is 10.6 Å². The Kier molecular flexibility index (Phi) is 5.57. The molecule has 5 heteroatoms. The zero-order chi connectivity index (χ0) is 17.9. The van der Waals surface area contributed by atoms with Crippen molar-refractivity contribution >= 4 is 34.4 Å². The van der Waals surface area contributed by atoms with Crippen LogP contribution in [-0.2, 0) is 6.54 Å². The molecule has 0 spiro atoms. The molecule has 2 N–H and O–H groups in total. The van der Waals surface area contributed by atoms with Crippen LogP contribution in [0, 0.1) is 6.92 Å². The first-order valence-electron chi connectivity index (χ1n) is 9.60. The average molecular weight is 386 g/mol. The SMILES string of the molecule is Cc1ccc(NC(=S)NC2C[C@H]3CCC[C@@H](C2)N3Cc2cccs2)cc1. The van der Waals surface area contributed by atoms with E-state index in [2.05, 4.69) is 64.2 Å². The number of thiocarbonyl (C=S) groups is 1. The second kappa shape index (κ2) is 8.07. The van der Waals surface area contributed by atoms with Gasteiger partial charge >= 0.3 is 0 Å². The summed E-state index contributed by atoms with van der Waals surface area (Å²) in [6, 6.07) is 14.7. The minimum absolute atomic E-state index is 0.482. The molecule has 2 fully saturated rings. The predicted octanol–water partition coefficient (Wildman–Crippen LogP) is 4.93. The van der Waals surface area contributed by atoms with E-state index in [-0.39, 0.29) is 0 Å². The van der Waals surface area contributed by atoms with Crippen LogP contribution in [0.15, 0.2) is 41.8 Å². The second-order valence-corrected chi connectivity index (χ2v) is 9.06. The van der Waals surface area contributed by atoms with Crippen molar-refractivity contribution < 1.29 is 0 Å². The number of thiophene rings is 1. The van der Waals surface area contributed by atoms with Crippen molar-refractivity contribution in [2.24, 2.45) is 0 Å². The molecule has 2 aliphatic heterocycles. The van der Waals surface area contributed by atoms with Gasteiger partial charge in [0.25, 0.3) is 0 Å². The minimum Gasteiger partial charge on any atom is -0.360 e. The maximum atomic E-state index is 5.57. The summed E-state index contributed by atoms with van der Waals surface area (Å²) in [4.78, 5) is 4.24. The van der Waals surface area contributed by atoms with Crippen LogP contribution in [0.4, 0.5) is 5.69 Å². The van der Waals surface area contributed by atoms with E-state index in [1.54, 1.807) is 0 Å². The van der Waals surface area contributed by atoms with Gasteiger partial charge in [0.2, 0.25) is 0 Å². The lowest BCUT2D eigenvalue weighted by Crippen LogP contribution is -2.56. The van der Waals surface area contributed by atoms with Crippen molar-refractivity contribution in [3.63, 3.8) is 0 Å². The summed E-state index contributed by atoms with van der Waals surface area (Å²) in [5.41, 5.74) is 2.32. The van der Waals surface area contributed by atoms with Gasteiger partial charge in [-0.3, -0.25) is 4.90 Å². The van der Waals surface area contributed by atoms with Crippen LogP contribution < -0.4 is 10.6 Å². The average Bonchev–Trinajstić information content (AvgIpc) is 3.11. The summed E-state index contributed by atoms with van der Waals surface area (Å²) in [5, 5.41) is 9.87. The topological polar surface area (TPSA) is 27.3 Å². The van der Waals surface area contributed by atoms with Crippen LogP contribution in [0.3, 0.4) is 0 Å². The van der Waals surface area contributed by atoms with Gasteiger partial charge in [-0.1, -0.05) is 30.2 Å². The highest BCUT2D eigenvalue weighted by atomic mass is 32.1. The van der Waals surface area contributed by atoms with Gasteiger partial charge in [-0.05, 0) is 68.4 Å². The Bertz CT molecular complexity index is 712. The first-order valence-corrected chi connectivity index (χ1v) is 10.9. The third-order valence-corrected chi connectivity index (χ3v) is 6.77. The minimum atomic E-state index is 0.482. The van der Waals surface area contributed by atoms with Crippen molar-refractivity contribution in [1.29, 1.82) is 0 Å². The van der Waals surface area contributed by atoms with Gasteiger partial charge in [0, 0.05) is 35.2 Å². The van der Waals surface area contributed by atoms with E-state index in [0.29, 0.717) is 18.1 Å². The van der Waals surface area contributed by atoms with E-state index < -0.39 is 0 Å². The fraction of sp³-hybridized carbons (Fsp3) is 0.476. The first-order chi connectivity index (χ1) is 12.7. The van der Waals surface area contributed by atoms with Crippen LogP contribution in [0.2, 0.25) is 0 Å².